The van der Waals surface area contributed by atoms with Gasteiger partial charge in [-0.3, -0.25) is 0 Å². The second-order valence-electron chi connectivity index (χ2n) is 1.13. The highest BCUT2D eigenvalue weighted by Crippen LogP contribution is 2.18. The molecule has 0 saturated carbocycles. The van der Waals surface area contributed by atoms with Crippen LogP contribution < -0.4 is 0 Å². The third-order valence-corrected chi connectivity index (χ3v) is 2.18. The summed E-state index contributed by atoms with van der Waals surface area (Å²) < 4.78 is 1.46. The maximum atomic E-state index is 5.56. The van der Waals surface area contributed by atoms with Gasteiger partial charge < -0.3 is 4.98 Å². The highest BCUT2D eigenvalue weighted by Gasteiger charge is 1.99. The van der Waals surface area contributed by atoms with E-state index in [2.05, 4.69) is 25.9 Å². The van der Waals surface area contributed by atoms with Gasteiger partial charge in [0.1, 0.15) is 9.76 Å². The molecule has 0 bridgehead atoms. The maximum Gasteiger partial charge on any atom is 0.170 e. The van der Waals surface area contributed by atoms with Crippen molar-refractivity contribution < 1.29 is 0 Å². The summed E-state index contributed by atoms with van der Waals surface area (Å²) in [7, 11) is 0. The van der Waals surface area contributed by atoms with E-state index in [1.54, 1.807) is 0 Å². The molecule has 1 N–H and O–H groups in total. The van der Waals surface area contributed by atoms with Gasteiger partial charge in [0.15, 0.2) is 3.83 Å². The molecule has 0 radical (unpaired) electrons. The molecule has 1 aromatic rings. The zero-order valence-electron chi connectivity index (χ0n) is 3.58. The number of hydrogen-bond donors (Lipinski definition) is 1. The van der Waals surface area contributed by atoms with Crippen molar-refractivity contribution in [3.8, 4) is 0 Å². The molecule has 0 aromatic carbocycles. The van der Waals surface area contributed by atoms with Crippen LogP contribution >= 0.6 is 50.1 Å². The van der Waals surface area contributed by atoms with Gasteiger partial charge in [-0.2, -0.15) is 0 Å². The molecule has 1 heterocycles. The molecule has 5 heteroatoms. The standard InChI is InChI=1S/C3HBrClIN2/c4-1-2(5)8-3(6)7-1/h(H,7,8). The topological polar surface area (TPSA) is 28.7 Å². The van der Waals surface area contributed by atoms with Crippen molar-refractivity contribution in [1.82, 2.24) is 9.97 Å². The first-order valence-corrected chi connectivity index (χ1v) is 4.01. The Morgan fingerprint density at radius 3 is 2.50 bits per heavy atom. The number of halogens is 3. The largest absolute Gasteiger partial charge is 0.323 e. The lowest BCUT2D eigenvalue weighted by atomic mass is 10.9. The van der Waals surface area contributed by atoms with Crippen molar-refractivity contribution in [2.75, 3.05) is 0 Å². The van der Waals surface area contributed by atoms with E-state index in [0.717, 1.165) is 3.83 Å². The van der Waals surface area contributed by atoms with Gasteiger partial charge >= 0.3 is 0 Å². The molecular formula is C3HBrClIN2. The Labute approximate surface area is 73.3 Å². The second-order valence-corrected chi connectivity index (χ2v) is 3.28. The summed E-state index contributed by atoms with van der Waals surface area (Å²) in [4.78, 5) is 6.73. The van der Waals surface area contributed by atoms with Crippen LogP contribution in [0.25, 0.3) is 0 Å². The molecular weight excluding hydrogens is 306 g/mol. The summed E-state index contributed by atoms with van der Waals surface area (Å²) in [6, 6.07) is 0. The summed E-state index contributed by atoms with van der Waals surface area (Å²) >= 11 is 10.7. The number of H-pyrrole nitrogens is 1. The van der Waals surface area contributed by atoms with E-state index in [0.29, 0.717) is 9.76 Å². The molecule has 1 rings (SSSR count). The van der Waals surface area contributed by atoms with Crippen LogP contribution in [0.3, 0.4) is 0 Å². The Hall–Kier alpha value is 0.710. The first kappa shape index (κ1) is 6.82. The molecule has 0 aliphatic heterocycles. The van der Waals surface area contributed by atoms with Gasteiger partial charge in [0, 0.05) is 0 Å². The van der Waals surface area contributed by atoms with Crippen molar-refractivity contribution in [2.45, 2.75) is 0 Å². The van der Waals surface area contributed by atoms with E-state index in [9.17, 15) is 0 Å². The van der Waals surface area contributed by atoms with Crippen LogP contribution in [0, 0.1) is 3.83 Å². The van der Waals surface area contributed by atoms with Crippen molar-refractivity contribution >= 4 is 50.1 Å². The Kier molecular flexibility index (Phi) is 2.16. The molecule has 0 aliphatic carbocycles. The molecule has 0 spiro atoms. The van der Waals surface area contributed by atoms with Gasteiger partial charge in [-0.15, -0.1) is 0 Å². The molecule has 0 fully saturated rings. The van der Waals surface area contributed by atoms with Gasteiger partial charge in [-0.25, -0.2) is 4.98 Å². The fourth-order valence-corrected chi connectivity index (χ4v) is 1.72. The average molecular weight is 307 g/mol. The number of aromatic amines is 1. The number of nitrogens with one attached hydrogen (secondary N) is 1. The third-order valence-electron chi connectivity index (χ3n) is 0.590. The summed E-state index contributed by atoms with van der Waals surface area (Å²) in [6.07, 6.45) is 0. The zero-order chi connectivity index (χ0) is 6.15. The monoisotopic (exact) mass is 306 g/mol. The number of rotatable bonds is 0. The summed E-state index contributed by atoms with van der Waals surface area (Å²) in [5.41, 5.74) is 0. The van der Waals surface area contributed by atoms with Crippen LogP contribution in [0.1, 0.15) is 0 Å². The van der Waals surface area contributed by atoms with Crippen LogP contribution in [0.5, 0.6) is 0 Å². The number of aromatic nitrogens is 2. The minimum absolute atomic E-state index is 0.550. The molecule has 44 valence electrons. The number of hydrogen-bond acceptors (Lipinski definition) is 1. The first-order chi connectivity index (χ1) is 3.70. The molecule has 0 atom stereocenters. The van der Waals surface area contributed by atoms with Crippen LogP contribution in [-0.2, 0) is 0 Å². The lowest BCUT2D eigenvalue weighted by Gasteiger charge is -1.73. The molecule has 1 aromatic heterocycles. The normalized spacial score (nSPS) is 9.88. The highest BCUT2D eigenvalue weighted by molar-refractivity contribution is 14.1. The maximum absolute atomic E-state index is 5.56. The molecule has 2 nitrogen and oxygen atoms in total. The quantitative estimate of drug-likeness (QED) is 0.733. The van der Waals surface area contributed by atoms with E-state index < -0.39 is 0 Å². The summed E-state index contributed by atoms with van der Waals surface area (Å²) in [5, 5.41) is 0.550. The smallest absolute Gasteiger partial charge is 0.170 e. The highest BCUT2D eigenvalue weighted by atomic mass is 127. The van der Waals surface area contributed by atoms with Crippen LogP contribution in [0.2, 0.25) is 5.15 Å². The minimum atomic E-state index is 0.550. The van der Waals surface area contributed by atoms with Crippen molar-refractivity contribution in [3.63, 3.8) is 0 Å². The summed E-state index contributed by atoms with van der Waals surface area (Å²) in [5.74, 6) is 0. The zero-order valence-corrected chi connectivity index (χ0v) is 8.08. The predicted molar refractivity (Wildman–Crippen MR) is 44.0 cm³/mol. The van der Waals surface area contributed by atoms with Gasteiger partial charge in [0.25, 0.3) is 0 Å². The molecule has 0 unspecified atom stereocenters. The molecule has 0 aliphatic rings. The van der Waals surface area contributed by atoms with E-state index in [4.69, 9.17) is 11.6 Å². The van der Waals surface area contributed by atoms with Gasteiger partial charge in [0.05, 0.1) is 0 Å². The number of nitrogens with zero attached hydrogens (tertiary/aromatic N) is 1. The Morgan fingerprint density at radius 2 is 2.38 bits per heavy atom. The van der Waals surface area contributed by atoms with E-state index in [-0.39, 0.29) is 0 Å². The SMILES string of the molecule is Clc1[nH]c(I)nc1Br. The molecule has 0 amide bonds. The fraction of sp³-hybridized carbons (Fsp3) is 0. The van der Waals surface area contributed by atoms with E-state index >= 15 is 0 Å². The minimum Gasteiger partial charge on any atom is -0.323 e. The van der Waals surface area contributed by atoms with Crippen LogP contribution in [0.4, 0.5) is 0 Å². The van der Waals surface area contributed by atoms with Crippen molar-refractivity contribution in [2.24, 2.45) is 0 Å². The number of imidazole rings is 1. The van der Waals surface area contributed by atoms with Gasteiger partial charge in [-0.1, -0.05) is 11.6 Å². The predicted octanol–water partition coefficient (Wildman–Crippen LogP) is 2.43. The molecule has 8 heavy (non-hydrogen) atoms. The Balaban J connectivity index is 3.14. The van der Waals surface area contributed by atoms with Gasteiger partial charge in [0.2, 0.25) is 0 Å². The lowest BCUT2D eigenvalue weighted by molar-refractivity contribution is 1.22. The van der Waals surface area contributed by atoms with Crippen LogP contribution in [-0.4, -0.2) is 9.97 Å². The van der Waals surface area contributed by atoms with Gasteiger partial charge in [-0.05, 0) is 38.5 Å². The Morgan fingerprint density at radius 1 is 1.75 bits per heavy atom. The average Bonchev–Trinajstić information content (AvgIpc) is 1.85. The van der Waals surface area contributed by atoms with Crippen molar-refractivity contribution in [1.29, 1.82) is 0 Å². The van der Waals surface area contributed by atoms with E-state index in [1.807, 2.05) is 22.6 Å². The lowest BCUT2D eigenvalue weighted by Crippen LogP contribution is -1.66. The van der Waals surface area contributed by atoms with E-state index in [1.165, 1.54) is 0 Å². The van der Waals surface area contributed by atoms with Crippen LogP contribution in [0.15, 0.2) is 4.60 Å². The first-order valence-electron chi connectivity index (χ1n) is 1.76. The summed E-state index contributed by atoms with van der Waals surface area (Å²) in [6.45, 7) is 0. The molecule has 0 saturated heterocycles. The van der Waals surface area contributed by atoms with Crippen molar-refractivity contribution in [3.05, 3.63) is 13.6 Å². The fourth-order valence-electron chi connectivity index (χ4n) is 0.305. The second kappa shape index (κ2) is 2.53. The Bertz CT molecular complexity index is 180. The third kappa shape index (κ3) is 1.35.